The lowest BCUT2D eigenvalue weighted by Crippen LogP contribution is -2.57. The predicted molar refractivity (Wildman–Crippen MR) is 97.8 cm³/mol. The van der Waals surface area contributed by atoms with Gasteiger partial charge in [0.15, 0.2) is 5.06 Å². The van der Waals surface area contributed by atoms with E-state index >= 15 is 0 Å². The highest BCUT2D eigenvalue weighted by molar-refractivity contribution is 7.15. The molecule has 1 N–H and O–H groups in total. The summed E-state index contributed by atoms with van der Waals surface area (Å²) in [5.74, 6) is 2.15. The highest BCUT2D eigenvalue weighted by Crippen LogP contribution is 2.31. The Kier molecular flexibility index (Phi) is 4.63. The fourth-order valence-electron chi connectivity index (χ4n) is 3.63. The number of benzene rings is 1. The molecule has 0 radical (unpaired) electrons. The molecule has 3 fully saturated rings. The Bertz CT molecular complexity index is 735. The first kappa shape index (κ1) is 16.4. The van der Waals surface area contributed by atoms with E-state index in [9.17, 15) is 4.79 Å². The molecule has 3 saturated heterocycles. The first-order chi connectivity index (χ1) is 12.2. The number of ether oxygens (including phenoxy) is 2. The van der Waals surface area contributed by atoms with E-state index in [1.807, 2.05) is 36.4 Å². The number of hydrogen-bond acceptors (Lipinski definition) is 5. The second-order valence-electron chi connectivity index (χ2n) is 6.61. The highest BCUT2D eigenvalue weighted by Gasteiger charge is 2.35. The second-order valence-corrected chi connectivity index (χ2v) is 7.66. The third-order valence-corrected chi connectivity index (χ3v) is 6.02. The first-order valence-corrected chi connectivity index (χ1v) is 9.48. The number of carbonyl (C=O) groups is 1. The van der Waals surface area contributed by atoms with Gasteiger partial charge in [0.1, 0.15) is 11.5 Å². The summed E-state index contributed by atoms with van der Waals surface area (Å²) < 4.78 is 11.0. The molecule has 0 aliphatic carbocycles. The van der Waals surface area contributed by atoms with Crippen LogP contribution in [0.1, 0.15) is 22.5 Å². The number of carbonyl (C=O) groups excluding carboxylic acids is 1. The SMILES string of the molecule is COc1ccc(Oc2ccc(C(=O)NC3CN4CCC3CC4)s2)cc1. The molecular formula is C19H22N2O3S. The quantitative estimate of drug-likeness (QED) is 0.890. The largest absolute Gasteiger partial charge is 0.497 e. The Hall–Kier alpha value is -2.05. The minimum Gasteiger partial charge on any atom is -0.497 e. The number of thiophene rings is 1. The highest BCUT2D eigenvalue weighted by atomic mass is 32.1. The van der Waals surface area contributed by atoms with Gasteiger partial charge >= 0.3 is 0 Å². The molecule has 1 amide bonds. The predicted octanol–water partition coefficient (Wildman–Crippen LogP) is 3.37. The number of fused-ring (bicyclic) bond motifs is 3. The Morgan fingerprint density at radius 3 is 2.48 bits per heavy atom. The normalized spacial score (nSPS) is 24.8. The number of methoxy groups -OCH3 is 1. The van der Waals surface area contributed by atoms with Crippen molar-refractivity contribution in [2.75, 3.05) is 26.7 Å². The van der Waals surface area contributed by atoms with Crippen LogP contribution >= 0.6 is 11.3 Å². The van der Waals surface area contributed by atoms with E-state index in [2.05, 4.69) is 10.2 Å². The Balaban J connectivity index is 1.37. The monoisotopic (exact) mass is 358 g/mol. The van der Waals surface area contributed by atoms with Crippen LogP contribution in [0.2, 0.25) is 0 Å². The second kappa shape index (κ2) is 7.06. The van der Waals surface area contributed by atoms with Crippen LogP contribution in [0.15, 0.2) is 36.4 Å². The van der Waals surface area contributed by atoms with Crippen LogP contribution in [0.25, 0.3) is 0 Å². The van der Waals surface area contributed by atoms with Gasteiger partial charge in [-0.05, 0) is 68.2 Å². The maximum atomic E-state index is 12.5. The van der Waals surface area contributed by atoms with Crippen molar-refractivity contribution in [2.24, 2.45) is 5.92 Å². The van der Waals surface area contributed by atoms with Gasteiger partial charge in [-0.25, -0.2) is 0 Å². The van der Waals surface area contributed by atoms with Crippen molar-refractivity contribution in [1.82, 2.24) is 10.2 Å². The molecular weight excluding hydrogens is 336 g/mol. The molecule has 25 heavy (non-hydrogen) atoms. The maximum absolute atomic E-state index is 12.5. The van der Waals surface area contributed by atoms with Gasteiger partial charge < -0.3 is 19.7 Å². The van der Waals surface area contributed by atoms with E-state index in [-0.39, 0.29) is 11.9 Å². The summed E-state index contributed by atoms with van der Waals surface area (Å²) in [5.41, 5.74) is 0. The average molecular weight is 358 g/mol. The summed E-state index contributed by atoms with van der Waals surface area (Å²) in [6.07, 6.45) is 2.39. The zero-order chi connectivity index (χ0) is 17.2. The fraction of sp³-hybridized carbons (Fsp3) is 0.421. The van der Waals surface area contributed by atoms with Crippen LogP contribution in [0.5, 0.6) is 16.6 Å². The van der Waals surface area contributed by atoms with Gasteiger partial charge in [0.05, 0.1) is 12.0 Å². The number of rotatable bonds is 5. The van der Waals surface area contributed by atoms with Gasteiger partial charge in [-0.15, -0.1) is 0 Å². The molecule has 1 unspecified atom stereocenters. The molecule has 0 saturated carbocycles. The molecule has 3 aliphatic rings. The van der Waals surface area contributed by atoms with Crippen molar-refractivity contribution in [3.8, 4) is 16.6 Å². The summed E-state index contributed by atoms with van der Waals surface area (Å²) in [7, 11) is 1.63. The molecule has 5 rings (SSSR count). The topological polar surface area (TPSA) is 50.8 Å². The molecule has 2 aromatic rings. The standard InChI is InChI=1S/C19H22N2O3S/c1-23-14-2-4-15(5-3-14)24-18-7-6-17(25-18)19(22)20-16-12-21-10-8-13(16)9-11-21/h2-7,13,16H,8-12H2,1H3,(H,20,22). The third kappa shape index (κ3) is 3.65. The molecule has 1 aromatic carbocycles. The third-order valence-electron chi connectivity index (χ3n) is 5.06. The first-order valence-electron chi connectivity index (χ1n) is 8.66. The Morgan fingerprint density at radius 1 is 1.12 bits per heavy atom. The Morgan fingerprint density at radius 2 is 1.84 bits per heavy atom. The number of hydrogen-bond donors (Lipinski definition) is 1. The van der Waals surface area contributed by atoms with Crippen LogP contribution in [-0.2, 0) is 0 Å². The number of amides is 1. The van der Waals surface area contributed by atoms with Crippen LogP contribution in [-0.4, -0.2) is 43.6 Å². The van der Waals surface area contributed by atoms with Crippen LogP contribution in [0, 0.1) is 5.92 Å². The van der Waals surface area contributed by atoms with Crippen molar-refractivity contribution in [3.63, 3.8) is 0 Å². The Labute approximate surface area is 151 Å². The van der Waals surface area contributed by atoms with Crippen LogP contribution in [0.4, 0.5) is 0 Å². The molecule has 6 heteroatoms. The van der Waals surface area contributed by atoms with Crippen molar-refractivity contribution in [2.45, 2.75) is 18.9 Å². The summed E-state index contributed by atoms with van der Waals surface area (Å²) in [4.78, 5) is 15.7. The fourth-order valence-corrected chi connectivity index (χ4v) is 4.40. The van der Waals surface area contributed by atoms with Gasteiger partial charge in [-0.2, -0.15) is 0 Å². The zero-order valence-corrected chi connectivity index (χ0v) is 15.1. The maximum Gasteiger partial charge on any atom is 0.261 e. The number of nitrogens with one attached hydrogen (secondary N) is 1. The minimum atomic E-state index is 0.00771. The van der Waals surface area contributed by atoms with E-state index in [4.69, 9.17) is 9.47 Å². The summed E-state index contributed by atoms with van der Waals surface area (Å²) in [6.45, 7) is 3.34. The van der Waals surface area contributed by atoms with E-state index < -0.39 is 0 Å². The molecule has 5 nitrogen and oxygen atoms in total. The van der Waals surface area contributed by atoms with Crippen LogP contribution in [0.3, 0.4) is 0 Å². The molecule has 3 aliphatic heterocycles. The van der Waals surface area contributed by atoms with E-state index in [0.717, 1.165) is 18.0 Å². The molecule has 1 aromatic heterocycles. The van der Waals surface area contributed by atoms with E-state index in [1.54, 1.807) is 7.11 Å². The lowest BCUT2D eigenvalue weighted by molar-refractivity contribution is 0.0622. The summed E-state index contributed by atoms with van der Waals surface area (Å²) in [5, 5.41) is 3.93. The number of piperidine rings is 3. The van der Waals surface area contributed by atoms with E-state index in [1.165, 1.54) is 37.3 Å². The molecule has 1 atom stereocenters. The van der Waals surface area contributed by atoms with Crippen LogP contribution < -0.4 is 14.8 Å². The van der Waals surface area contributed by atoms with Gasteiger partial charge in [0.25, 0.3) is 5.91 Å². The lowest BCUT2D eigenvalue weighted by Gasteiger charge is -2.44. The number of nitrogens with zero attached hydrogens (tertiary/aromatic N) is 1. The smallest absolute Gasteiger partial charge is 0.261 e. The van der Waals surface area contributed by atoms with Gasteiger partial charge in [0, 0.05) is 12.6 Å². The molecule has 4 heterocycles. The molecule has 132 valence electrons. The van der Waals surface area contributed by atoms with Gasteiger partial charge in [-0.3, -0.25) is 4.79 Å². The molecule has 2 bridgehead atoms. The summed E-state index contributed by atoms with van der Waals surface area (Å²) >= 11 is 1.38. The van der Waals surface area contributed by atoms with Gasteiger partial charge in [0.2, 0.25) is 0 Å². The van der Waals surface area contributed by atoms with Crippen molar-refractivity contribution >= 4 is 17.2 Å². The lowest BCUT2D eigenvalue weighted by atomic mass is 9.84. The average Bonchev–Trinajstić information content (AvgIpc) is 3.12. The zero-order valence-electron chi connectivity index (χ0n) is 14.2. The summed E-state index contributed by atoms with van der Waals surface area (Å²) in [6, 6.07) is 11.4. The van der Waals surface area contributed by atoms with Crippen molar-refractivity contribution in [1.29, 1.82) is 0 Å². The minimum absolute atomic E-state index is 0.00771. The molecule has 0 spiro atoms. The van der Waals surface area contributed by atoms with Crippen molar-refractivity contribution < 1.29 is 14.3 Å². The van der Waals surface area contributed by atoms with E-state index in [0.29, 0.717) is 15.9 Å². The van der Waals surface area contributed by atoms with Gasteiger partial charge in [-0.1, -0.05) is 11.3 Å². The van der Waals surface area contributed by atoms with Crippen molar-refractivity contribution in [3.05, 3.63) is 41.3 Å².